The molecule has 0 bridgehead atoms. The number of ether oxygens (including phenoxy) is 1. The van der Waals surface area contributed by atoms with E-state index in [1.54, 1.807) is 26.4 Å². The second-order valence-corrected chi connectivity index (χ2v) is 5.09. The van der Waals surface area contributed by atoms with Crippen molar-refractivity contribution < 1.29 is 4.74 Å². The molecule has 1 N–H and O–H groups in total. The molecule has 7 heteroatoms. The zero-order chi connectivity index (χ0) is 16.6. The lowest BCUT2D eigenvalue weighted by Crippen LogP contribution is -2.37. The first-order valence-electron chi connectivity index (χ1n) is 6.99. The summed E-state index contributed by atoms with van der Waals surface area (Å²) < 4.78 is 7.73. The number of benzene rings is 1. The Morgan fingerprint density at radius 1 is 1.04 bits per heavy atom. The van der Waals surface area contributed by atoms with Gasteiger partial charge in [-0.2, -0.15) is 0 Å². The highest BCUT2D eigenvalue weighted by molar-refractivity contribution is 5.90. The highest BCUT2D eigenvalue weighted by Gasteiger charge is 2.14. The molecule has 0 fully saturated rings. The number of aryl methyl sites for hydroxylation is 1. The van der Waals surface area contributed by atoms with Gasteiger partial charge in [-0.25, -0.2) is 9.78 Å². The van der Waals surface area contributed by atoms with Crippen molar-refractivity contribution in [1.82, 2.24) is 14.1 Å². The first-order valence-corrected chi connectivity index (χ1v) is 6.99. The summed E-state index contributed by atoms with van der Waals surface area (Å²) in [7, 11) is 4.61. The van der Waals surface area contributed by atoms with Crippen molar-refractivity contribution in [2.24, 2.45) is 14.1 Å². The molecular weight excluding hydrogens is 296 g/mol. The molecule has 0 atom stereocenters. The fraction of sp³-hybridized carbons (Fsp3) is 0.188. The van der Waals surface area contributed by atoms with Crippen molar-refractivity contribution in [2.75, 3.05) is 12.4 Å². The molecule has 0 amide bonds. The maximum atomic E-state index is 12.5. The largest absolute Gasteiger partial charge is 0.495 e. The first-order chi connectivity index (χ1) is 11.0. The Labute approximate surface area is 131 Å². The topological polar surface area (TPSA) is 78.2 Å². The third-order valence-corrected chi connectivity index (χ3v) is 3.72. The van der Waals surface area contributed by atoms with Crippen LogP contribution >= 0.6 is 0 Å². The molecular formula is C16H16N4O3. The standard InChI is InChI=1S/C16H16N4O3/c1-19-14-13(15(21)20(2)16(19)22)11(8-9-17-14)18-10-6-4-5-7-12(10)23-3/h4-9H,1-3H3,(H,17,18). The van der Waals surface area contributed by atoms with Gasteiger partial charge in [0.2, 0.25) is 0 Å². The van der Waals surface area contributed by atoms with Gasteiger partial charge in [-0.1, -0.05) is 12.1 Å². The molecule has 7 nitrogen and oxygen atoms in total. The van der Waals surface area contributed by atoms with Crippen LogP contribution < -0.4 is 21.3 Å². The van der Waals surface area contributed by atoms with Gasteiger partial charge in [0.15, 0.2) is 5.65 Å². The summed E-state index contributed by atoms with van der Waals surface area (Å²) in [6.07, 6.45) is 1.55. The molecule has 0 spiro atoms. The summed E-state index contributed by atoms with van der Waals surface area (Å²) in [5.74, 6) is 0.652. The maximum Gasteiger partial charge on any atom is 0.332 e. The number of nitrogens with zero attached hydrogens (tertiary/aromatic N) is 3. The van der Waals surface area contributed by atoms with Gasteiger partial charge >= 0.3 is 5.69 Å². The minimum Gasteiger partial charge on any atom is -0.495 e. The lowest BCUT2D eigenvalue weighted by Gasteiger charge is -2.14. The van der Waals surface area contributed by atoms with Crippen LogP contribution in [0.25, 0.3) is 11.0 Å². The van der Waals surface area contributed by atoms with E-state index in [1.165, 1.54) is 11.6 Å². The Bertz CT molecular complexity index is 1000. The van der Waals surface area contributed by atoms with E-state index < -0.39 is 11.2 Å². The van der Waals surface area contributed by atoms with E-state index in [2.05, 4.69) is 10.3 Å². The van der Waals surface area contributed by atoms with Crippen molar-refractivity contribution in [1.29, 1.82) is 0 Å². The summed E-state index contributed by atoms with van der Waals surface area (Å²) >= 11 is 0. The number of pyridine rings is 1. The van der Waals surface area contributed by atoms with E-state index in [4.69, 9.17) is 4.74 Å². The van der Waals surface area contributed by atoms with Gasteiger partial charge in [0.1, 0.15) is 11.1 Å². The summed E-state index contributed by atoms with van der Waals surface area (Å²) in [6.45, 7) is 0. The number of nitrogens with one attached hydrogen (secondary N) is 1. The monoisotopic (exact) mass is 312 g/mol. The normalized spacial score (nSPS) is 10.7. The molecule has 0 aliphatic heterocycles. The number of para-hydroxylation sites is 2. The molecule has 2 heterocycles. The minimum absolute atomic E-state index is 0.331. The van der Waals surface area contributed by atoms with Crippen LogP contribution in [0.4, 0.5) is 11.4 Å². The predicted molar refractivity (Wildman–Crippen MR) is 88.5 cm³/mol. The number of methoxy groups -OCH3 is 1. The fourth-order valence-corrected chi connectivity index (χ4v) is 2.48. The minimum atomic E-state index is -0.413. The highest BCUT2D eigenvalue weighted by Crippen LogP contribution is 2.28. The van der Waals surface area contributed by atoms with Crippen LogP contribution in [-0.2, 0) is 14.1 Å². The van der Waals surface area contributed by atoms with Crippen LogP contribution in [0.15, 0.2) is 46.1 Å². The third-order valence-electron chi connectivity index (χ3n) is 3.72. The molecule has 2 aromatic heterocycles. The second-order valence-electron chi connectivity index (χ2n) is 5.09. The molecule has 0 unspecified atom stereocenters. The van der Waals surface area contributed by atoms with E-state index >= 15 is 0 Å². The van der Waals surface area contributed by atoms with E-state index in [9.17, 15) is 9.59 Å². The van der Waals surface area contributed by atoms with Crippen molar-refractivity contribution in [3.8, 4) is 5.75 Å². The number of fused-ring (bicyclic) bond motifs is 1. The van der Waals surface area contributed by atoms with Crippen LogP contribution in [0.3, 0.4) is 0 Å². The Kier molecular flexibility index (Phi) is 3.61. The van der Waals surface area contributed by atoms with Gasteiger partial charge < -0.3 is 10.1 Å². The Balaban J connectivity index is 2.27. The smallest absolute Gasteiger partial charge is 0.332 e. The van der Waals surface area contributed by atoms with Crippen molar-refractivity contribution in [2.45, 2.75) is 0 Å². The van der Waals surface area contributed by atoms with Crippen molar-refractivity contribution >= 4 is 22.4 Å². The lowest BCUT2D eigenvalue weighted by atomic mass is 10.2. The molecule has 0 radical (unpaired) electrons. The summed E-state index contributed by atoms with van der Waals surface area (Å²) in [5.41, 5.74) is 0.810. The maximum absolute atomic E-state index is 12.5. The Hall–Kier alpha value is -3.09. The highest BCUT2D eigenvalue weighted by atomic mass is 16.5. The Morgan fingerprint density at radius 3 is 2.52 bits per heavy atom. The molecule has 23 heavy (non-hydrogen) atoms. The van der Waals surface area contributed by atoms with Crippen LogP contribution in [0.1, 0.15) is 0 Å². The van der Waals surface area contributed by atoms with Gasteiger partial charge in [-0.3, -0.25) is 13.9 Å². The number of hydrogen-bond acceptors (Lipinski definition) is 5. The molecule has 0 aliphatic rings. The molecule has 0 aliphatic carbocycles. The third kappa shape index (κ3) is 2.36. The van der Waals surface area contributed by atoms with Crippen LogP contribution in [-0.4, -0.2) is 21.2 Å². The van der Waals surface area contributed by atoms with Gasteiger partial charge in [0, 0.05) is 20.3 Å². The van der Waals surface area contributed by atoms with E-state index in [1.807, 2.05) is 24.3 Å². The molecule has 3 aromatic rings. The van der Waals surface area contributed by atoms with Gasteiger partial charge in [-0.15, -0.1) is 0 Å². The number of anilines is 2. The summed E-state index contributed by atoms with van der Waals surface area (Å²) in [4.78, 5) is 28.7. The van der Waals surface area contributed by atoms with E-state index in [-0.39, 0.29) is 0 Å². The molecule has 1 aromatic carbocycles. The van der Waals surface area contributed by atoms with Crippen LogP contribution in [0.2, 0.25) is 0 Å². The Morgan fingerprint density at radius 2 is 1.78 bits per heavy atom. The number of rotatable bonds is 3. The van der Waals surface area contributed by atoms with Gasteiger partial charge in [0.25, 0.3) is 5.56 Å². The zero-order valence-electron chi connectivity index (χ0n) is 13.0. The second kappa shape index (κ2) is 5.60. The van der Waals surface area contributed by atoms with Gasteiger partial charge in [0.05, 0.1) is 18.5 Å². The zero-order valence-corrected chi connectivity index (χ0v) is 13.0. The SMILES string of the molecule is COc1ccccc1Nc1ccnc2c1c(=O)n(C)c(=O)n2C. The number of hydrogen-bond donors (Lipinski definition) is 1. The summed E-state index contributed by atoms with van der Waals surface area (Å²) in [6, 6.07) is 9.08. The van der Waals surface area contributed by atoms with Crippen molar-refractivity contribution in [3.63, 3.8) is 0 Å². The van der Waals surface area contributed by atoms with E-state index in [0.717, 1.165) is 10.3 Å². The average molecular weight is 312 g/mol. The van der Waals surface area contributed by atoms with Crippen molar-refractivity contribution in [3.05, 3.63) is 57.4 Å². The predicted octanol–water partition coefficient (Wildman–Crippen LogP) is 1.38. The van der Waals surface area contributed by atoms with Crippen LogP contribution in [0, 0.1) is 0 Å². The van der Waals surface area contributed by atoms with E-state index in [0.29, 0.717) is 22.5 Å². The molecule has 118 valence electrons. The first kappa shape index (κ1) is 14.8. The molecule has 3 rings (SSSR count). The molecule has 0 saturated carbocycles. The average Bonchev–Trinajstić information content (AvgIpc) is 2.58. The quantitative estimate of drug-likeness (QED) is 0.790. The molecule has 0 saturated heterocycles. The lowest BCUT2D eigenvalue weighted by molar-refractivity contribution is 0.417. The summed E-state index contributed by atoms with van der Waals surface area (Å²) in [5, 5.41) is 3.54. The van der Waals surface area contributed by atoms with Gasteiger partial charge in [-0.05, 0) is 18.2 Å². The number of aromatic nitrogens is 3. The fourth-order valence-electron chi connectivity index (χ4n) is 2.48. The van der Waals surface area contributed by atoms with Crippen LogP contribution in [0.5, 0.6) is 5.75 Å².